The van der Waals surface area contributed by atoms with E-state index in [1.165, 1.54) is 0 Å². The highest BCUT2D eigenvalue weighted by Gasteiger charge is 2.05. The number of nitrogens with two attached hydrogens (primary N) is 1. The van der Waals surface area contributed by atoms with Crippen LogP contribution in [0.15, 0.2) is 24.3 Å². The zero-order valence-corrected chi connectivity index (χ0v) is 10.0. The first kappa shape index (κ1) is 11.2. The minimum absolute atomic E-state index is 0.251. The van der Waals surface area contributed by atoms with Crippen LogP contribution in [0.4, 0.5) is 5.95 Å². The quantitative estimate of drug-likeness (QED) is 0.849. The molecule has 2 N–H and O–H groups in total. The number of aryl methyl sites for hydroxylation is 1. The second kappa shape index (κ2) is 4.28. The summed E-state index contributed by atoms with van der Waals surface area (Å²) in [7, 11) is 0. The lowest BCUT2D eigenvalue weighted by atomic mass is 10.1. The van der Waals surface area contributed by atoms with Gasteiger partial charge in [0.05, 0.1) is 15.7 Å². The van der Waals surface area contributed by atoms with Crippen molar-refractivity contribution in [3.8, 4) is 11.3 Å². The van der Waals surface area contributed by atoms with Gasteiger partial charge in [-0.2, -0.15) is 0 Å². The summed E-state index contributed by atoms with van der Waals surface area (Å²) < 4.78 is 0. The van der Waals surface area contributed by atoms with E-state index in [2.05, 4.69) is 9.97 Å². The smallest absolute Gasteiger partial charge is 0.220 e. The minimum atomic E-state index is 0.251. The fourth-order valence-electron chi connectivity index (χ4n) is 1.39. The van der Waals surface area contributed by atoms with Gasteiger partial charge < -0.3 is 5.73 Å². The van der Waals surface area contributed by atoms with E-state index in [0.29, 0.717) is 10.0 Å². The molecule has 0 unspecified atom stereocenters. The fraction of sp³-hybridized carbons (Fsp3) is 0.0909. The molecule has 2 aromatic rings. The summed E-state index contributed by atoms with van der Waals surface area (Å²) in [5, 5.41) is 1.01. The number of nitrogens with zero attached hydrogens (tertiary/aromatic N) is 2. The first-order chi connectivity index (χ1) is 7.56. The second-order valence-corrected chi connectivity index (χ2v) is 4.20. The van der Waals surface area contributed by atoms with Gasteiger partial charge in [-0.25, -0.2) is 9.97 Å². The van der Waals surface area contributed by atoms with Crippen molar-refractivity contribution < 1.29 is 0 Å². The summed E-state index contributed by atoms with van der Waals surface area (Å²) in [5.41, 5.74) is 8.00. The number of hydrogen-bond acceptors (Lipinski definition) is 3. The molecule has 0 aliphatic heterocycles. The summed E-state index contributed by atoms with van der Waals surface area (Å²) in [4.78, 5) is 8.15. The number of nitrogen functional groups attached to an aromatic ring is 1. The molecule has 0 bridgehead atoms. The van der Waals surface area contributed by atoms with Gasteiger partial charge in [0.25, 0.3) is 0 Å². The lowest BCUT2D eigenvalue weighted by Gasteiger charge is -2.04. The number of anilines is 1. The van der Waals surface area contributed by atoms with Crippen molar-refractivity contribution in [2.24, 2.45) is 0 Å². The zero-order chi connectivity index (χ0) is 11.7. The molecule has 0 fully saturated rings. The molecule has 1 aromatic carbocycles. The monoisotopic (exact) mass is 253 g/mol. The lowest BCUT2D eigenvalue weighted by Crippen LogP contribution is -1.98. The summed E-state index contributed by atoms with van der Waals surface area (Å²) in [5.74, 6) is 0.251. The second-order valence-electron chi connectivity index (χ2n) is 3.38. The minimum Gasteiger partial charge on any atom is -0.368 e. The topological polar surface area (TPSA) is 51.8 Å². The summed E-state index contributed by atoms with van der Waals surface area (Å²) >= 11 is 11.8. The molecule has 1 aromatic heterocycles. The maximum absolute atomic E-state index is 5.94. The third-order valence-corrected chi connectivity index (χ3v) is 2.83. The highest BCUT2D eigenvalue weighted by Crippen LogP contribution is 2.27. The Bertz CT molecular complexity index is 520. The average Bonchev–Trinajstić information content (AvgIpc) is 2.20. The lowest BCUT2D eigenvalue weighted by molar-refractivity contribution is 1.12. The Morgan fingerprint density at radius 2 is 1.81 bits per heavy atom. The Hall–Kier alpha value is -1.32. The van der Waals surface area contributed by atoms with Crippen LogP contribution in [0, 0.1) is 6.92 Å². The third-order valence-electron chi connectivity index (χ3n) is 2.09. The SMILES string of the molecule is Cc1cc(-c2ccc(Cl)c(Cl)c2)nc(N)n1. The van der Waals surface area contributed by atoms with Crippen LogP contribution in [0.5, 0.6) is 0 Å². The van der Waals surface area contributed by atoms with Crippen molar-refractivity contribution in [2.75, 3.05) is 5.73 Å². The van der Waals surface area contributed by atoms with Crippen LogP contribution in [0.2, 0.25) is 10.0 Å². The van der Waals surface area contributed by atoms with Gasteiger partial charge in [0.1, 0.15) is 0 Å². The van der Waals surface area contributed by atoms with Crippen LogP contribution >= 0.6 is 23.2 Å². The molecule has 16 heavy (non-hydrogen) atoms. The van der Waals surface area contributed by atoms with Gasteiger partial charge in [-0.3, -0.25) is 0 Å². The van der Waals surface area contributed by atoms with E-state index in [1.807, 2.05) is 19.1 Å². The van der Waals surface area contributed by atoms with Gasteiger partial charge in [-0.15, -0.1) is 0 Å². The molecule has 0 radical (unpaired) electrons. The number of hydrogen-bond donors (Lipinski definition) is 1. The maximum atomic E-state index is 5.94. The molecular formula is C11H9Cl2N3. The van der Waals surface area contributed by atoms with Crippen molar-refractivity contribution in [1.82, 2.24) is 9.97 Å². The van der Waals surface area contributed by atoms with Crippen LogP contribution in [0.3, 0.4) is 0 Å². The van der Waals surface area contributed by atoms with Crippen LogP contribution in [-0.4, -0.2) is 9.97 Å². The van der Waals surface area contributed by atoms with Gasteiger partial charge >= 0.3 is 0 Å². The normalized spacial score (nSPS) is 10.4. The third kappa shape index (κ3) is 2.26. The van der Waals surface area contributed by atoms with Crippen molar-refractivity contribution in [1.29, 1.82) is 0 Å². The van der Waals surface area contributed by atoms with E-state index >= 15 is 0 Å². The molecule has 0 amide bonds. The van der Waals surface area contributed by atoms with E-state index in [9.17, 15) is 0 Å². The van der Waals surface area contributed by atoms with Crippen molar-refractivity contribution >= 4 is 29.2 Å². The molecule has 0 spiro atoms. The van der Waals surface area contributed by atoms with Crippen LogP contribution < -0.4 is 5.73 Å². The van der Waals surface area contributed by atoms with Gasteiger partial charge in [0.2, 0.25) is 5.95 Å². The Labute approximate surface area is 103 Å². The van der Waals surface area contributed by atoms with E-state index < -0.39 is 0 Å². The van der Waals surface area contributed by atoms with Crippen molar-refractivity contribution in [3.05, 3.63) is 40.0 Å². The molecule has 2 rings (SSSR count). The molecule has 0 aliphatic carbocycles. The van der Waals surface area contributed by atoms with Gasteiger partial charge in [0.15, 0.2) is 0 Å². The maximum Gasteiger partial charge on any atom is 0.220 e. The zero-order valence-electron chi connectivity index (χ0n) is 8.54. The van der Waals surface area contributed by atoms with Gasteiger partial charge in [-0.1, -0.05) is 29.3 Å². The largest absolute Gasteiger partial charge is 0.368 e. The molecule has 0 saturated carbocycles. The first-order valence-electron chi connectivity index (χ1n) is 4.63. The van der Waals surface area contributed by atoms with E-state index in [0.717, 1.165) is 17.0 Å². The fourth-order valence-corrected chi connectivity index (χ4v) is 1.69. The Morgan fingerprint density at radius 1 is 1.06 bits per heavy atom. The predicted molar refractivity (Wildman–Crippen MR) is 66.6 cm³/mol. The van der Waals surface area contributed by atoms with E-state index in [-0.39, 0.29) is 5.95 Å². The predicted octanol–water partition coefficient (Wildman–Crippen LogP) is 3.34. The number of benzene rings is 1. The Morgan fingerprint density at radius 3 is 2.44 bits per heavy atom. The highest BCUT2D eigenvalue weighted by atomic mass is 35.5. The molecule has 0 saturated heterocycles. The Kier molecular flexibility index (Phi) is 2.99. The van der Waals surface area contributed by atoms with Crippen molar-refractivity contribution in [2.45, 2.75) is 6.92 Å². The van der Waals surface area contributed by atoms with Crippen LogP contribution in [0.25, 0.3) is 11.3 Å². The first-order valence-corrected chi connectivity index (χ1v) is 5.38. The number of halogens is 2. The van der Waals surface area contributed by atoms with Crippen LogP contribution in [0.1, 0.15) is 5.69 Å². The van der Waals surface area contributed by atoms with Crippen molar-refractivity contribution in [3.63, 3.8) is 0 Å². The number of rotatable bonds is 1. The van der Waals surface area contributed by atoms with Gasteiger partial charge in [0, 0.05) is 11.3 Å². The molecule has 0 aliphatic rings. The molecule has 1 heterocycles. The van der Waals surface area contributed by atoms with Gasteiger partial charge in [-0.05, 0) is 25.1 Å². The van der Waals surface area contributed by atoms with Crippen LogP contribution in [-0.2, 0) is 0 Å². The molecule has 82 valence electrons. The van der Waals surface area contributed by atoms with E-state index in [4.69, 9.17) is 28.9 Å². The molecule has 0 atom stereocenters. The summed E-state index contributed by atoms with van der Waals surface area (Å²) in [6.45, 7) is 1.86. The average molecular weight is 254 g/mol. The summed E-state index contributed by atoms with van der Waals surface area (Å²) in [6.07, 6.45) is 0. The van der Waals surface area contributed by atoms with E-state index in [1.54, 1.807) is 12.1 Å². The standard InChI is InChI=1S/C11H9Cl2N3/c1-6-4-10(16-11(14)15-6)7-2-3-8(12)9(13)5-7/h2-5H,1H3,(H2,14,15,16). The summed E-state index contributed by atoms with van der Waals surface area (Å²) in [6, 6.07) is 7.17. The Balaban J connectivity index is 2.54. The number of aromatic nitrogens is 2. The molecular weight excluding hydrogens is 245 g/mol. The molecule has 5 heteroatoms. The molecule has 3 nitrogen and oxygen atoms in total. The highest BCUT2D eigenvalue weighted by molar-refractivity contribution is 6.42.